The van der Waals surface area contributed by atoms with Crippen molar-refractivity contribution in [2.75, 3.05) is 32.8 Å². The van der Waals surface area contributed by atoms with Crippen molar-refractivity contribution in [3.05, 3.63) is 34.9 Å². The molecule has 21 heavy (non-hydrogen) atoms. The van der Waals surface area contributed by atoms with Crippen LogP contribution in [0.3, 0.4) is 0 Å². The van der Waals surface area contributed by atoms with E-state index in [-0.39, 0.29) is 11.4 Å². The smallest absolute Gasteiger partial charge is 0.251 e. The fraction of sp³-hybridized carbons (Fsp3) is 0.588. The molecular weight excluding hydrogens is 264 g/mol. The number of nitrogens with one attached hydrogen (secondary N) is 2. The van der Waals surface area contributed by atoms with Crippen LogP contribution in [0.2, 0.25) is 0 Å². The number of benzene rings is 1. The van der Waals surface area contributed by atoms with E-state index in [9.17, 15) is 4.79 Å². The Labute approximate surface area is 127 Å². The predicted molar refractivity (Wildman–Crippen MR) is 83.8 cm³/mol. The molecule has 0 radical (unpaired) electrons. The molecule has 1 fully saturated rings. The van der Waals surface area contributed by atoms with Gasteiger partial charge in [0.05, 0.1) is 19.8 Å². The minimum Gasteiger partial charge on any atom is -0.370 e. The van der Waals surface area contributed by atoms with Crippen molar-refractivity contribution in [1.82, 2.24) is 5.32 Å². The molecular formula is C17H27N2O2+. The number of carbonyl (C=O) groups excluding carboxylic acids is 1. The summed E-state index contributed by atoms with van der Waals surface area (Å²) in [6.45, 7) is 12.7. The van der Waals surface area contributed by atoms with Crippen molar-refractivity contribution in [2.24, 2.45) is 0 Å². The first-order valence-electron chi connectivity index (χ1n) is 7.68. The molecule has 1 amide bonds. The van der Waals surface area contributed by atoms with Crippen LogP contribution >= 0.6 is 0 Å². The zero-order valence-corrected chi connectivity index (χ0v) is 13.6. The molecule has 1 aromatic carbocycles. The van der Waals surface area contributed by atoms with Gasteiger partial charge >= 0.3 is 0 Å². The van der Waals surface area contributed by atoms with Gasteiger partial charge in [-0.25, -0.2) is 0 Å². The molecule has 0 spiro atoms. The van der Waals surface area contributed by atoms with Gasteiger partial charge in [-0.05, 0) is 39.3 Å². The fourth-order valence-corrected chi connectivity index (χ4v) is 2.80. The minimum atomic E-state index is 0.0249. The normalized spacial score (nSPS) is 16.8. The van der Waals surface area contributed by atoms with Crippen LogP contribution in [0.4, 0.5) is 0 Å². The number of aryl methyl sites for hydroxylation is 2. The lowest BCUT2D eigenvalue weighted by Crippen LogP contribution is -3.22. The highest BCUT2D eigenvalue weighted by atomic mass is 16.5. The van der Waals surface area contributed by atoms with Gasteiger partial charge < -0.3 is 15.0 Å². The van der Waals surface area contributed by atoms with Gasteiger partial charge in [-0.2, -0.15) is 0 Å². The lowest BCUT2D eigenvalue weighted by molar-refractivity contribution is -0.954. The van der Waals surface area contributed by atoms with Crippen LogP contribution in [-0.4, -0.2) is 44.3 Å². The van der Waals surface area contributed by atoms with Crippen molar-refractivity contribution < 1.29 is 14.4 Å². The lowest BCUT2D eigenvalue weighted by atomic mass is 10.0. The first-order valence-corrected chi connectivity index (χ1v) is 7.68. The molecule has 116 valence electrons. The van der Waals surface area contributed by atoms with Gasteiger partial charge in [0.25, 0.3) is 5.91 Å². The molecule has 0 bridgehead atoms. The SMILES string of the molecule is Cc1ccc(C)c(C(=O)NCC(C)(C)[NH+]2CCOCC2)c1. The van der Waals surface area contributed by atoms with Gasteiger partial charge in [0.15, 0.2) is 0 Å². The summed E-state index contributed by atoms with van der Waals surface area (Å²) < 4.78 is 5.41. The third kappa shape index (κ3) is 4.05. The van der Waals surface area contributed by atoms with Gasteiger partial charge in [-0.1, -0.05) is 17.7 Å². The zero-order valence-electron chi connectivity index (χ0n) is 13.6. The molecule has 0 aliphatic carbocycles. The van der Waals surface area contributed by atoms with Crippen molar-refractivity contribution in [2.45, 2.75) is 33.2 Å². The van der Waals surface area contributed by atoms with Gasteiger partial charge in [0.1, 0.15) is 18.6 Å². The highest BCUT2D eigenvalue weighted by molar-refractivity contribution is 5.95. The Kier molecular flexibility index (Phi) is 5.01. The van der Waals surface area contributed by atoms with E-state index in [1.807, 2.05) is 32.0 Å². The summed E-state index contributed by atoms with van der Waals surface area (Å²) in [6.07, 6.45) is 0. The Balaban J connectivity index is 1.98. The molecule has 4 heteroatoms. The zero-order chi connectivity index (χ0) is 15.5. The predicted octanol–water partition coefficient (Wildman–Crippen LogP) is 0.727. The Morgan fingerprint density at radius 1 is 1.29 bits per heavy atom. The third-order valence-corrected chi connectivity index (χ3v) is 4.38. The summed E-state index contributed by atoms with van der Waals surface area (Å²) in [4.78, 5) is 13.9. The number of quaternary nitrogens is 1. The van der Waals surface area contributed by atoms with Crippen LogP contribution < -0.4 is 10.2 Å². The third-order valence-electron chi connectivity index (χ3n) is 4.38. The number of hydrogen-bond acceptors (Lipinski definition) is 2. The number of carbonyl (C=O) groups is 1. The first kappa shape index (κ1) is 16.0. The summed E-state index contributed by atoms with van der Waals surface area (Å²) in [6, 6.07) is 6.00. The van der Waals surface area contributed by atoms with Crippen molar-refractivity contribution in [3.8, 4) is 0 Å². The van der Waals surface area contributed by atoms with Crippen molar-refractivity contribution in [3.63, 3.8) is 0 Å². The second-order valence-corrected chi connectivity index (χ2v) is 6.60. The van der Waals surface area contributed by atoms with E-state index in [0.717, 1.165) is 43.0 Å². The Morgan fingerprint density at radius 3 is 2.62 bits per heavy atom. The summed E-state index contributed by atoms with van der Waals surface area (Å²) in [5.74, 6) is 0.0249. The Hall–Kier alpha value is -1.39. The molecule has 2 rings (SSSR count). The van der Waals surface area contributed by atoms with E-state index in [4.69, 9.17) is 4.74 Å². The molecule has 0 saturated carbocycles. The summed E-state index contributed by atoms with van der Waals surface area (Å²) >= 11 is 0. The molecule has 1 aliphatic heterocycles. The fourth-order valence-electron chi connectivity index (χ4n) is 2.80. The van der Waals surface area contributed by atoms with Gasteiger partial charge in [-0.3, -0.25) is 4.79 Å². The van der Waals surface area contributed by atoms with E-state index in [1.54, 1.807) is 0 Å². The number of ether oxygens (including phenoxy) is 1. The van der Waals surface area contributed by atoms with Crippen LogP contribution in [0.25, 0.3) is 0 Å². The molecule has 0 atom stereocenters. The molecule has 4 nitrogen and oxygen atoms in total. The molecule has 1 saturated heterocycles. The minimum absolute atomic E-state index is 0.0249. The van der Waals surface area contributed by atoms with Gasteiger partial charge in [0.2, 0.25) is 0 Å². The highest BCUT2D eigenvalue weighted by Gasteiger charge is 2.32. The first-order chi connectivity index (χ1) is 9.90. The number of amides is 1. The number of rotatable bonds is 4. The van der Waals surface area contributed by atoms with E-state index in [0.29, 0.717) is 6.54 Å². The molecule has 2 N–H and O–H groups in total. The summed E-state index contributed by atoms with van der Waals surface area (Å²) in [5, 5.41) is 3.10. The van der Waals surface area contributed by atoms with Crippen LogP contribution in [0.5, 0.6) is 0 Å². The van der Waals surface area contributed by atoms with E-state index in [2.05, 4.69) is 19.2 Å². The maximum Gasteiger partial charge on any atom is 0.251 e. The van der Waals surface area contributed by atoms with Crippen molar-refractivity contribution in [1.29, 1.82) is 0 Å². The average molecular weight is 291 g/mol. The molecule has 0 unspecified atom stereocenters. The highest BCUT2D eigenvalue weighted by Crippen LogP contribution is 2.10. The maximum absolute atomic E-state index is 12.4. The second-order valence-electron chi connectivity index (χ2n) is 6.60. The Morgan fingerprint density at radius 2 is 1.95 bits per heavy atom. The van der Waals surface area contributed by atoms with Crippen LogP contribution in [-0.2, 0) is 4.74 Å². The molecule has 1 aromatic rings. The lowest BCUT2D eigenvalue weighted by Gasteiger charge is -2.37. The average Bonchev–Trinajstić information content (AvgIpc) is 2.48. The standard InChI is InChI=1S/C17H26N2O2/c1-13-5-6-14(2)15(11-13)16(20)18-12-17(3,4)19-7-9-21-10-8-19/h5-6,11H,7-10,12H2,1-4H3,(H,18,20)/p+1. The quantitative estimate of drug-likeness (QED) is 0.859. The van der Waals surface area contributed by atoms with Crippen LogP contribution in [0, 0.1) is 13.8 Å². The van der Waals surface area contributed by atoms with Crippen molar-refractivity contribution >= 4 is 5.91 Å². The molecule has 1 aliphatic rings. The largest absolute Gasteiger partial charge is 0.370 e. The maximum atomic E-state index is 12.4. The topological polar surface area (TPSA) is 42.8 Å². The van der Waals surface area contributed by atoms with Crippen LogP contribution in [0.15, 0.2) is 18.2 Å². The second kappa shape index (κ2) is 6.58. The Bertz CT molecular complexity index is 506. The van der Waals surface area contributed by atoms with E-state index < -0.39 is 0 Å². The van der Waals surface area contributed by atoms with Gasteiger partial charge in [0, 0.05) is 5.56 Å². The van der Waals surface area contributed by atoms with Gasteiger partial charge in [-0.15, -0.1) is 0 Å². The molecule has 0 aromatic heterocycles. The van der Waals surface area contributed by atoms with E-state index in [1.165, 1.54) is 4.90 Å². The summed E-state index contributed by atoms with van der Waals surface area (Å²) in [5.41, 5.74) is 2.94. The van der Waals surface area contributed by atoms with Crippen LogP contribution in [0.1, 0.15) is 35.3 Å². The van der Waals surface area contributed by atoms with E-state index >= 15 is 0 Å². The number of morpholine rings is 1. The number of hydrogen-bond donors (Lipinski definition) is 2. The summed E-state index contributed by atoms with van der Waals surface area (Å²) in [7, 11) is 0. The molecule has 1 heterocycles. The monoisotopic (exact) mass is 291 g/mol.